The molecule has 0 fully saturated rings. The van der Waals surface area contributed by atoms with Crippen LogP contribution in [0.5, 0.6) is 5.75 Å². The van der Waals surface area contributed by atoms with Gasteiger partial charge in [-0.05, 0) is 19.1 Å². The van der Waals surface area contributed by atoms with Crippen molar-refractivity contribution in [3.8, 4) is 5.75 Å². The van der Waals surface area contributed by atoms with Gasteiger partial charge in [0.2, 0.25) is 9.84 Å². The van der Waals surface area contributed by atoms with E-state index in [1.165, 1.54) is 31.4 Å². The third kappa shape index (κ3) is 2.61. The number of fused-ring (bicyclic) bond motifs is 2. The number of hydrogen-bond donors (Lipinski definition) is 2. The van der Waals surface area contributed by atoms with Crippen LogP contribution in [0.25, 0.3) is 0 Å². The molecule has 4 N–H and O–H groups in total. The van der Waals surface area contributed by atoms with Crippen LogP contribution in [0, 0.1) is 6.92 Å². The summed E-state index contributed by atoms with van der Waals surface area (Å²) in [6.07, 6.45) is 0. The Morgan fingerprint density at radius 1 is 0.800 bits per heavy atom. The molecule has 0 saturated carbocycles. The van der Waals surface area contributed by atoms with Crippen molar-refractivity contribution >= 4 is 32.8 Å². The fraction of sp³-hybridized carbons (Fsp3) is 0.0909. The summed E-state index contributed by atoms with van der Waals surface area (Å²) in [4.78, 5) is 26.0. The van der Waals surface area contributed by atoms with Gasteiger partial charge in [-0.3, -0.25) is 9.59 Å². The standard InChI is InChI=1S/C22H18N2O5S/c1-11-7-9-12(10-8-11)30(27,28)22-16-15(17(23)21(29-2)18(22)24)19(25)13-5-3-4-6-14(13)20(16)26/h3-10H,23-24H2,1-2H3. The largest absolute Gasteiger partial charge is 0.492 e. The van der Waals surface area contributed by atoms with Crippen LogP contribution in [0.1, 0.15) is 37.4 Å². The Hall–Kier alpha value is -3.65. The quantitative estimate of drug-likeness (QED) is 0.486. The van der Waals surface area contributed by atoms with Crippen LogP contribution in [0.15, 0.2) is 58.3 Å². The first-order valence-electron chi connectivity index (χ1n) is 8.99. The molecular formula is C22H18N2O5S. The third-order valence-corrected chi connectivity index (χ3v) is 7.01. The Kier molecular flexibility index (Phi) is 4.39. The highest BCUT2D eigenvalue weighted by Crippen LogP contribution is 2.46. The SMILES string of the molecule is COc1c(N)c2c(c(S(=O)(=O)c3ccc(C)cc3)c1N)C(=O)c1ccccc1C2=O. The molecule has 3 aromatic carbocycles. The van der Waals surface area contributed by atoms with Gasteiger partial charge in [-0.15, -0.1) is 0 Å². The Labute approximate surface area is 173 Å². The van der Waals surface area contributed by atoms with E-state index < -0.39 is 26.3 Å². The first-order valence-corrected chi connectivity index (χ1v) is 10.5. The zero-order valence-electron chi connectivity index (χ0n) is 16.2. The number of benzene rings is 3. The monoisotopic (exact) mass is 422 g/mol. The number of ether oxygens (including phenoxy) is 1. The Morgan fingerprint density at radius 3 is 1.87 bits per heavy atom. The molecule has 0 radical (unpaired) electrons. The van der Waals surface area contributed by atoms with Crippen molar-refractivity contribution in [2.75, 3.05) is 18.6 Å². The Balaban J connectivity index is 2.14. The first kappa shape index (κ1) is 19.7. The second-order valence-corrected chi connectivity index (χ2v) is 8.85. The number of nitrogen functional groups attached to an aromatic ring is 2. The number of carbonyl (C=O) groups is 2. The van der Waals surface area contributed by atoms with Gasteiger partial charge in [0.25, 0.3) is 0 Å². The van der Waals surface area contributed by atoms with Crippen LogP contribution in [0.2, 0.25) is 0 Å². The van der Waals surface area contributed by atoms with Crippen molar-refractivity contribution in [3.05, 3.63) is 76.3 Å². The summed E-state index contributed by atoms with van der Waals surface area (Å²) in [5.41, 5.74) is 12.4. The smallest absolute Gasteiger partial charge is 0.209 e. The van der Waals surface area contributed by atoms with Gasteiger partial charge in [0, 0.05) is 11.1 Å². The maximum Gasteiger partial charge on any atom is 0.209 e. The fourth-order valence-corrected chi connectivity index (χ4v) is 5.26. The second-order valence-electron chi connectivity index (χ2n) is 6.96. The molecular weight excluding hydrogens is 404 g/mol. The van der Waals surface area contributed by atoms with E-state index in [1.807, 2.05) is 6.92 Å². The summed E-state index contributed by atoms with van der Waals surface area (Å²) in [7, 11) is -3.01. The van der Waals surface area contributed by atoms with E-state index in [2.05, 4.69) is 0 Å². The molecule has 0 bridgehead atoms. The van der Waals surface area contributed by atoms with Crippen molar-refractivity contribution in [2.45, 2.75) is 16.7 Å². The average molecular weight is 422 g/mol. The number of ketones is 2. The van der Waals surface area contributed by atoms with Crippen molar-refractivity contribution in [3.63, 3.8) is 0 Å². The van der Waals surface area contributed by atoms with Crippen LogP contribution < -0.4 is 16.2 Å². The molecule has 3 aromatic rings. The van der Waals surface area contributed by atoms with Crippen molar-refractivity contribution in [1.29, 1.82) is 0 Å². The highest BCUT2D eigenvalue weighted by Gasteiger charge is 2.40. The third-order valence-electron chi connectivity index (χ3n) is 5.15. The minimum absolute atomic E-state index is 0.0621. The van der Waals surface area contributed by atoms with E-state index in [0.29, 0.717) is 0 Å². The summed E-state index contributed by atoms with van der Waals surface area (Å²) < 4.78 is 32.3. The lowest BCUT2D eigenvalue weighted by atomic mass is 9.82. The highest BCUT2D eigenvalue weighted by molar-refractivity contribution is 7.91. The first-order chi connectivity index (χ1) is 14.2. The molecule has 0 saturated heterocycles. The van der Waals surface area contributed by atoms with Crippen LogP contribution >= 0.6 is 0 Å². The van der Waals surface area contributed by atoms with Crippen molar-refractivity contribution in [1.82, 2.24) is 0 Å². The summed E-state index contributed by atoms with van der Waals surface area (Å²) in [5.74, 6) is -1.34. The molecule has 0 spiro atoms. The van der Waals surface area contributed by atoms with Gasteiger partial charge in [-0.2, -0.15) is 0 Å². The summed E-state index contributed by atoms with van der Waals surface area (Å²) in [5, 5.41) is 0. The molecule has 0 amide bonds. The molecule has 0 heterocycles. The average Bonchev–Trinajstić information content (AvgIpc) is 2.72. The highest BCUT2D eigenvalue weighted by atomic mass is 32.2. The van der Waals surface area contributed by atoms with Gasteiger partial charge in [-0.25, -0.2) is 8.42 Å². The summed E-state index contributed by atoms with van der Waals surface area (Å²) >= 11 is 0. The lowest BCUT2D eigenvalue weighted by Crippen LogP contribution is -2.26. The summed E-state index contributed by atoms with van der Waals surface area (Å²) in [6.45, 7) is 1.82. The van der Waals surface area contributed by atoms with Crippen LogP contribution in [-0.4, -0.2) is 27.1 Å². The van der Waals surface area contributed by atoms with Crippen LogP contribution in [-0.2, 0) is 9.84 Å². The normalized spacial score (nSPS) is 13.0. The van der Waals surface area contributed by atoms with Gasteiger partial charge >= 0.3 is 0 Å². The number of rotatable bonds is 3. The van der Waals surface area contributed by atoms with Crippen LogP contribution in [0.3, 0.4) is 0 Å². The van der Waals surface area contributed by atoms with E-state index >= 15 is 0 Å². The molecule has 7 nitrogen and oxygen atoms in total. The van der Waals surface area contributed by atoms with Gasteiger partial charge in [0.15, 0.2) is 17.3 Å². The van der Waals surface area contributed by atoms with Gasteiger partial charge in [0.1, 0.15) is 4.90 Å². The van der Waals surface area contributed by atoms with Crippen LogP contribution in [0.4, 0.5) is 11.4 Å². The van der Waals surface area contributed by atoms with Gasteiger partial charge in [-0.1, -0.05) is 42.0 Å². The minimum Gasteiger partial charge on any atom is -0.492 e. The zero-order valence-corrected chi connectivity index (χ0v) is 17.0. The number of hydrogen-bond acceptors (Lipinski definition) is 7. The zero-order chi connectivity index (χ0) is 21.8. The lowest BCUT2D eigenvalue weighted by Gasteiger charge is -2.25. The number of carbonyl (C=O) groups excluding carboxylic acids is 2. The summed E-state index contributed by atoms with van der Waals surface area (Å²) in [6, 6.07) is 12.3. The Bertz CT molecular complexity index is 1340. The predicted molar refractivity (Wildman–Crippen MR) is 112 cm³/mol. The molecule has 8 heteroatoms. The Morgan fingerprint density at radius 2 is 1.33 bits per heavy atom. The van der Waals surface area contributed by atoms with Crippen molar-refractivity contribution < 1.29 is 22.7 Å². The number of nitrogens with two attached hydrogens (primary N) is 2. The second kappa shape index (κ2) is 6.70. The molecule has 30 heavy (non-hydrogen) atoms. The molecule has 1 aliphatic rings. The topological polar surface area (TPSA) is 130 Å². The van der Waals surface area contributed by atoms with Gasteiger partial charge in [0.05, 0.1) is 34.5 Å². The molecule has 1 aliphatic carbocycles. The van der Waals surface area contributed by atoms with E-state index in [-0.39, 0.29) is 44.3 Å². The predicted octanol–water partition coefficient (Wildman–Crippen LogP) is 2.78. The lowest BCUT2D eigenvalue weighted by molar-refractivity contribution is 0.0977. The number of sulfone groups is 1. The molecule has 0 aliphatic heterocycles. The van der Waals surface area contributed by atoms with Gasteiger partial charge < -0.3 is 16.2 Å². The maximum atomic E-state index is 13.5. The molecule has 0 atom stereocenters. The minimum atomic E-state index is -4.27. The van der Waals surface area contributed by atoms with E-state index in [1.54, 1.807) is 24.3 Å². The number of anilines is 2. The van der Waals surface area contributed by atoms with Crippen molar-refractivity contribution in [2.24, 2.45) is 0 Å². The molecule has 152 valence electrons. The number of aryl methyl sites for hydroxylation is 1. The molecule has 0 aromatic heterocycles. The fourth-order valence-electron chi connectivity index (χ4n) is 3.68. The molecule has 0 unspecified atom stereocenters. The molecule has 4 rings (SSSR count). The maximum absolute atomic E-state index is 13.5. The van der Waals surface area contributed by atoms with E-state index in [4.69, 9.17) is 16.2 Å². The van der Waals surface area contributed by atoms with E-state index in [9.17, 15) is 18.0 Å². The van der Waals surface area contributed by atoms with E-state index in [0.717, 1.165) is 5.56 Å². The number of methoxy groups -OCH3 is 1.